The van der Waals surface area contributed by atoms with Crippen LogP contribution in [0.1, 0.15) is 32.1 Å². The highest BCUT2D eigenvalue weighted by Gasteiger charge is 2.23. The molecule has 2 heterocycles. The Morgan fingerprint density at radius 3 is 2.58 bits per heavy atom. The number of nitrogens with zero attached hydrogens (tertiary/aromatic N) is 6. The fourth-order valence-corrected chi connectivity index (χ4v) is 3.46. The highest BCUT2D eigenvalue weighted by molar-refractivity contribution is 5.78. The van der Waals surface area contributed by atoms with Gasteiger partial charge >= 0.3 is 6.03 Å². The van der Waals surface area contributed by atoms with E-state index in [1.54, 1.807) is 17.1 Å². The summed E-state index contributed by atoms with van der Waals surface area (Å²) in [5.74, 6) is 0.548. The number of aromatic nitrogens is 6. The number of nitrogens with one attached hydrogen (secondary N) is 1. The molecule has 0 radical (unpaired) electrons. The maximum atomic E-state index is 12.7. The summed E-state index contributed by atoms with van der Waals surface area (Å²) in [4.78, 5) is 19.0. The third kappa shape index (κ3) is 3.22. The molecule has 1 aliphatic carbocycles. The van der Waals surface area contributed by atoms with Crippen molar-refractivity contribution < 1.29 is 4.79 Å². The topological polar surface area (TPSA) is 92.6 Å². The van der Waals surface area contributed by atoms with Crippen molar-refractivity contribution in [2.75, 3.05) is 7.05 Å². The van der Waals surface area contributed by atoms with E-state index in [4.69, 9.17) is 0 Å². The fourth-order valence-electron chi connectivity index (χ4n) is 3.46. The van der Waals surface area contributed by atoms with Gasteiger partial charge in [-0.1, -0.05) is 43.5 Å². The number of aromatic amines is 1. The summed E-state index contributed by atoms with van der Waals surface area (Å²) in [6.45, 7) is 0. The average Bonchev–Trinajstić information content (AvgIpc) is 3.40. The van der Waals surface area contributed by atoms with Crippen molar-refractivity contribution in [3.05, 3.63) is 36.8 Å². The monoisotopic (exact) mass is 351 g/mol. The zero-order valence-corrected chi connectivity index (χ0v) is 14.7. The number of rotatable bonds is 3. The van der Waals surface area contributed by atoms with Gasteiger partial charge in [0.2, 0.25) is 5.82 Å². The van der Waals surface area contributed by atoms with Crippen molar-refractivity contribution >= 4 is 6.03 Å². The molecule has 1 aliphatic rings. The molecule has 8 heteroatoms. The fraction of sp³-hybridized carbons (Fsp3) is 0.389. The molecule has 1 aromatic carbocycles. The second kappa shape index (κ2) is 7.07. The molecule has 3 aromatic rings. The van der Waals surface area contributed by atoms with E-state index in [9.17, 15) is 4.79 Å². The van der Waals surface area contributed by atoms with E-state index in [0.29, 0.717) is 11.9 Å². The zero-order valence-electron chi connectivity index (χ0n) is 14.7. The molecule has 134 valence electrons. The molecule has 0 atom stereocenters. The minimum atomic E-state index is -0.0286. The Morgan fingerprint density at radius 2 is 1.88 bits per heavy atom. The Morgan fingerprint density at radius 1 is 1.15 bits per heavy atom. The lowest BCUT2D eigenvalue weighted by molar-refractivity contribution is 0.175. The molecule has 0 aliphatic heterocycles. The van der Waals surface area contributed by atoms with E-state index < -0.39 is 0 Å². The van der Waals surface area contributed by atoms with Gasteiger partial charge in [-0.25, -0.2) is 9.78 Å². The van der Waals surface area contributed by atoms with Crippen LogP contribution in [0.15, 0.2) is 36.8 Å². The molecule has 1 N–H and O–H groups in total. The summed E-state index contributed by atoms with van der Waals surface area (Å²) in [7, 11) is 1.89. The zero-order chi connectivity index (χ0) is 17.9. The van der Waals surface area contributed by atoms with Crippen molar-refractivity contribution in [1.82, 2.24) is 35.1 Å². The molecule has 8 nitrogen and oxygen atoms in total. The lowest BCUT2D eigenvalue weighted by atomic mass is 9.95. The van der Waals surface area contributed by atoms with Crippen LogP contribution in [0.2, 0.25) is 0 Å². The number of hydrogen-bond donors (Lipinski definition) is 1. The number of hydrogen-bond acceptors (Lipinski definition) is 5. The molecule has 0 bridgehead atoms. The van der Waals surface area contributed by atoms with Gasteiger partial charge in [-0.2, -0.15) is 5.21 Å². The Labute approximate surface area is 151 Å². The van der Waals surface area contributed by atoms with E-state index >= 15 is 0 Å². The number of H-pyrrole nitrogens is 1. The van der Waals surface area contributed by atoms with Crippen LogP contribution in [0.3, 0.4) is 0 Å². The summed E-state index contributed by atoms with van der Waals surface area (Å²) in [5.41, 5.74) is 2.56. The minimum Gasteiger partial charge on any atom is -0.324 e. The Hall–Kier alpha value is -3.03. The van der Waals surface area contributed by atoms with Gasteiger partial charge in [0.15, 0.2) is 0 Å². The lowest BCUT2D eigenvalue weighted by Gasteiger charge is -2.31. The molecule has 1 saturated carbocycles. The molecule has 0 saturated heterocycles. The van der Waals surface area contributed by atoms with Crippen molar-refractivity contribution in [2.45, 2.75) is 38.1 Å². The van der Waals surface area contributed by atoms with Crippen LogP contribution >= 0.6 is 0 Å². The molecule has 0 unspecified atom stereocenters. The number of benzene rings is 1. The van der Waals surface area contributed by atoms with Crippen LogP contribution in [-0.2, 0) is 0 Å². The van der Waals surface area contributed by atoms with E-state index in [1.165, 1.54) is 19.3 Å². The summed E-state index contributed by atoms with van der Waals surface area (Å²) in [6.07, 6.45) is 9.21. The molecule has 1 fully saturated rings. The first-order chi connectivity index (χ1) is 12.7. The van der Waals surface area contributed by atoms with E-state index in [-0.39, 0.29) is 6.03 Å². The summed E-state index contributed by atoms with van der Waals surface area (Å²) >= 11 is 0. The Kier molecular flexibility index (Phi) is 4.47. The predicted octanol–water partition coefficient (Wildman–Crippen LogP) is 2.96. The summed E-state index contributed by atoms with van der Waals surface area (Å²) in [6, 6.07) is 8.00. The molecule has 26 heavy (non-hydrogen) atoms. The van der Waals surface area contributed by atoms with Crippen molar-refractivity contribution in [1.29, 1.82) is 0 Å². The predicted molar refractivity (Wildman–Crippen MR) is 96.3 cm³/mol. The first-order valence-electron chi connectivity index (χ1n) is 8.88. The number of tetrazole rings is 1. The molecule has 2 aromatic heterocycles. The van der Waals surface area contributed by atoms with Gasteiger partial charge in [0.1, 0.15) is 6.33 Å². The van der Waals surface area contributed by atoms with Crippen LogP contribution in [0.4, 0.5) is 4.79 Å². The van der Waals surface area contributed by atoms with Gasteiger partial charge < -0.3 is 4.90 Å². The third-order valence-electron chi connectivity index (χ3n) is 5.01. The summed E-state index contributed by atoms with van der Waals surface area (Å²) < 4.78 is 1.57. The van der Waals surface area contributed by atoms with E-state index in [0.717, 1.165) is 29.7 Å². The summed E-state index contributed by atoms with van der Waals surface area (Å²) in [5, 5.41) is 13.9. The number of carbonyl (C=O) groups excluding carboxylic acids is 1. The second-order valence-electron chi connectivity index (χ2n) is 6.66. The van der Waals surface area contributed by atoms with E-state index in [2.05, 4.69) is 25.6 Å². The van der Waals surface area contributed by atoms with Crippen molar-refractivity contribution in [3.63, 3.8) is 0 Å². The van der Waals surface area contributed by atoms with Gasteiger partial charge in [0, 0.05) is 30.4 Å². The SMILES string of the molecule is CN(C(=O)n1cnc(-c2ccc(-c3nn[nH]n3)cc2)c1)C1CCCCC1. The quantitative estimate of drug-likeness (QED) is 0.783. The minimum absolute atomic E-state index is 0.0286. The third-order valence-corrected chi connectivity index (χ3v) is 5.01. The molecular weight excluding hydrogens is 330 g/mol. The standard InChI is InChI=1S/C18H21N7O/c1-24(15-5-3-2-4-6-15)18(26)25-11-16(19-12-25)13-7-9-14(10-8-13)17-20-22-23-21-17/h7-12,15H,2-6H2,1H3,(H,20,21,22,23). The Balaban J connectivity index is 1.49. The smallest absolute Gasteiger partial charge is 0.324 e. The maximum Gasteiger partial charge on any atom is 0.329 e. The van der Waals surface area contributed by atoms with Gasteiger partial charge in [-0.3, -0.25) is 4.57 Å². The lowest BCUT2D eigenvalue weighted by Crippen LogP contribution is -2.40. The number of imidazole rings is 1. The first-order valence-corrected chi connectivity index (χ1v) is 8.88. The van der Waals surface area contributed by atoms with Crippen molar-refractivity contribution in [3.8, 4) is 22.6 Å². The van der Waals surface area contributed by atoms with Gasteiger partial charge in [-0.05, 0) is 18.1 Å². The van der Waals surface area contributed by atoms with Crippen LogP contribution in [0.25, 0.3) is 22.6 Å². The van der Waals surface area contributed by atoms with Gasteiger partial charge in [-0.15, -0.1) is 10.2 Å². The van der Waals surface area contributed by atoms with E-state index in [1.807, 2.05) is 36.2 Å². The van der Waals surface area contributed by atoms with Crippen LogP contribution < -0.4 is 0 Å². The molecular formula is C18H21N7O. The molecule has 0 spiro atoms. The second-order valence-corrected chi connectivity index (χ2v) is 6.66. The van der Waals surface area contributed by atoms with Crippen LogP contribution in [0.5, 0.6) is 0 Å². The van der Waals surface area contributed by atoms with Gasteiger partial charge in [0.25, 0.3) is 0 Å². The number of amides is 1. The van der Waals surface area contributed by atoms with Gasteiger partial charge in [0.05, 0.1) is 5.69 Å². The Bertz CT molecular complexity index is 863. The first kappa shape index (κ1) is 16.4. The number of carbonyl (C=O) groups is 1. The maximum absolute atomic E-state index is 12.7. The average molecular weight is 351 g/mol. The molecule has 4 rings (SSSR count). The normalized spacial score (nSPS) is 15.1. The van der Waals surface area contributed by atoms with Crippen LogP contribution in [-0.4, -0.2) is 54.2 Å². The largest absolute Gasteiger partial charge is 0.329 e. The highest BCUT2D eigenvalue weighted by atomic mass is 16.2. The molecule has 1 amide bonds. The highest BCUT2D eigenvalue weighted by Crippen LogP contribution is 2.24. The van der Waals surface area contributed by atoms with Crippen LogP contribution in [0, 0.1) is 0 Å². The van der Waals surface area contributed by atoms with Crippen molar-refractivity contribution in [2.24, 2.45) is 0 Å².